The van der Waals surface area contributed by atoms with Gasteiger partial charge in [-0.15, -0.1) is 12.4 Å². The van der Waals surface area contributed by atoms with Crippen molar-refractivity contribution in [2.45, 2.75) is 23.8 Å². The highest BCUT2D eigenvalue weighted by Gasteiger charge is 2.23. The molecule has 1 atom stereocenters. The minimum Gasteiger partial charge on any atom is -0.379 e. The number of rotatable bonds is 7. The zero-order chi connectivity index (χ0) is 18.6. The van der Waals surface area contributed by atoms with Crippen LogP contribution in [-0.4, -0.2) is 56.9 Å². The third-order valence-corrected chi connectivity index (χ3v) is 5.04. The van der Waals surface area contributed by atoms with Crippen molar-refractivity contribution in [1.82, 2.24) is 10.2 Å². The molecule has 2 rings (SSSR count). The van der Waals surface area contributed by atoms with Crippen molar-refractivity contribution in [2.75, 3.05) is 32.0 Å². The molecule has 10 nitrogen and oxygen atoms in total. The Kier molecular flexibility index (Phi) is 7.75. The van der Waals surface area contributed by atoms with E-state index in [0.717, 1.165) is 25.6 Å². The van der Waals surface area contributed by atoms with Gasteiger partial charge in [0.1, 0.15) is 5.69 Å². The Labute approximate surface area is 157 Å². The molecule has 1 aliphatic heterocycles. The maximum atomic E-state index is 12.2. The number of benzene rings is 1. The number of amides is 1. The van der Waals surface area contributed by atoms with E-state index in [1.165, 1.54) is 12.1 Å². The maximum Gasteiger partial charge on any atom is 0.293 e. The van der Waals surface area contributed by atoms with Crippen LogP contribution in [0.4, 0.5) is 11.4 Å². The molecule has 0 spiro atoms. The molecule has 0 radical (unpaired) electrons. The predicted octanol–water partition coefficient (Wildman–Crippen LogP) is 0.286. The van der Waals surface area contributed by atoms with E-state index in [1.807, 2.05) is 0 Å². The number of carbonyl (C=O) groups excluding carboxylic acids is 1. The summed E-state index contributed by atoms with van der Waals surface area (Å²) in [5, 5.41) is 22.1. The topological polar surface area (TPSA) is 148 Å². The molecular weight excluding hydrogens is 386 g/mol. The Morgan fingerprint density at radius 3 is 2.73 bits per heavy atom. The van der Waals surface area contributed by atoms with Gasteiger partial charge in [0.05, 0.1) is 9.82 Å². The van der Waals surface area contributed by atoms with Crippen LogP contribution < -0.4 is 15.8 Å². The summed E-state index contributed by atoms with van der Waals surface area (Å²) in [5.74, 6) is -0.0648. The van der Waals surface area contributed by atoms with Crippen LogP contribution in [0.1, 0.15) is 12.8 Å². The number of nitrogens with zero attached hydrogens (tertiary/aromatic N) is 2. The zero-order valence-corrected chi connectivity index (χ0v) is 15.8. The fraction of sp³-hybridized carbons (Fsp3) is 0.500. The molecule has 26 heavy (non-hydrogen) atoms. The van der Waals surface area contributed by atoms with E-state index in [4.69, 9.17) is 5.14 Å². The van der Waals surface area contributed by atoms with Crippen LogP contribution in [0.5, 0.6) is 0 Å². The molecule has 1 aromatic carbocycles. The quantitative estimate of drug-likeness (QED) is 0.434. The van der Waals surface area contributed by atoms with E-state index in [-0.39, 0.29) is 47.9 Å². The molecule has 1 aliphatic rings. The second kappa shape index (κ2) is 9.12. The average Bonchev–Trinajstić information content (AvgIpc) is 3.07. The van der Waals surface area contributed by atoms with Gasteiger partial charge >= 0.3 is 0 Å². The smallest absolute Gasteiger partial charge is 0.293 e. The Morgan fingerprint density at radius 2 is 2.19 bits per heavy atom. The second-order valence-electron chi connectivity index (χ2n) is 5.81. The summed E-state index contributed by atoms with van der Waals surface area (Å²) in [6.07, 6.45) is 1.07. The van der Waals surface area contributed by atoms with Gasteiger partial charge in [0.2, 0.25) is 15.9 Å². The molecule has 146 valence electrons. The summed E-state index contributed by atoms with van der Waals surface area (Å²) in [5.41, 5.74) is -0.275. The van der Waals surface area contributed by atoms with Crippen molar-refractivity contribution < 1.29 is 18.1 Å². The van der Waals surface area contributed by atoms with Crippen LogP contribution in [0.2, 0.25) is 0 Å². The summed E-state index contributed by atoms with van der Waals surface area (Å²) in [6.45, 7) is 1.83. The molecule has 12 heteroatoms. The standard InChI is InChI=1S/C14H21N5O5S.ClH/c1-18(10-4-6-16-9-10)14(20)5-7-17-12-3-2-11(25(15,23)24)8-13(12)19(21)22;/h2-3,8,10,16-17H,4-7,9H2,1H3,(H2,15,23,24);1H. The summed E-state index contributed by atoms with van der Waals surface area (Å²) < 4.78 is 22.6. The number of nitro benzene ring substituents is 1. The fourth-order valence-corrected chi connectivity index (χ4v) is 3.18. The summed E-state index contributed by atoms with van der Waals surface area (Å²) in [4.78, 5) is 23.9. The third-order valence-electron chi connectivity index (χ3n) is 4.12. The lowest BCUT2D eigenvalue weighted by Gasteiger charge is -2.23. The number of nitrogens with two attached hydrogens (primary N) is 1. The first kappa shape index (κ1) is 22.1. The number of nitrogens with one attached hydrogen (secondary N) is 2. The van der Waals surface area contributed by atoms with Crippen LogP contribution in [0, 0.1) is 10.1 Å². The Morgan fingerprint density at radius 1 is 1.50 bits per heavy atom. The minimum atomic E-state index is -4.03. The molecule has 0 aliphatic carbocycles. The number of hydrogen-bond donors (Lipinski definition) is 3. The number of hydrogen-bond acceptors (Lipinski definition) is 7. The van der Waals surface area contributed by atoms with Gasteiger partial charge in [0.15, 0.2) is 0 Å². The van der Waals surface area contributed by atoms with Gasteiger partial charge in [-0.05, 0) is 25.1 Å². The number of likely N-dealkylation sites (N-methyl/N-ethyl adjacent to an activating group) is 1. The molecule has 1 unspecified atom stereocenters. The van der Waals surface area contributed by atoms with Gasteiger partial charge in [-0.3, -0.25) is 14.9 Å². The SMILES string of the molecule is CN(C(=O)CCNc1ccc(S(N)(=O)=O)cc1[N+](=O)[O-])C1CCNC1.Cl. The number of primary sulfonamides is 1. The van der Waals surface area contributed by atoms with E-state index in [0.29, 0.717) is 0 Å². The molecule has 1 amide bonds. The van der Waals surface area contributed by atoms with Gasteiger partial charge in [-0.2, -0.15) is 0 Å². The molecule has 0 aromatic heterocycles. The van der Waals surface area contributed by atoms with Crippen LogP contribution in [0.25, 0.3) is 0 Å². The zero-order valence-electron chi connectivity index (χ0n) is 14.2. The summed E-state index contributed by atoms with van der Waals surface area (Å²) >= 11 is 0. The third kappa shape index (κ3) is 5.53. The largest absolute Gasteiger partial charge is 0.379 e. The Bertz CT molecular complexity index is 767. The average molecular weight is 408 g/mol. The van der Waals surface area contributed by atoms with Crippen molar-refractivity contribution in [3.63, 3.8) is 0 Å². The van der Waals surface area contributed by atoms with Gasteiger partial charge in [0.25, 0.3) is 5.69 Å². The lowest BCUT2D eigenvalue weighted by Crippen LogP contribution is -2.39. The molecule has 0 saturated carbocycles. The molecule has 1 aromatic rings. The number of anilines is 1. The van der Waals surface area contributed by atoms with Crippen LogP contribution in [0.15, 0.2) is 23.1 Å². The van der Waals surface area contributed by atoms with Crippen molar-refractivity contribution in [3.05, 3.63) is 28.3 Å². The van der Waals surface area contributed by atoms with Crippen molar-refractivity contribution in [1.29, 1.82) is 0 Å². The molecule has 0 bridgehead atoms. The normalized spacial score (nSPS) is 16.6. The maximum absolute atomic E-state index is 12.2. The number of carbonyl (C=O) groups is 1. The van der Waals surface area contributed by atoms with Crippen molar-refractivity contribution >= 4 is 39.7 Å². The van der Waals surface area contributed by atoms with Crippen LogP contribution in [-0.2, 0) is 14.8 Å². The van der Waals surface area contributed by atoms with E-state index in [1.54, 1.807) is 11.9 Å². The first-order chi connectivity index (χ1) is 11.7. The molecular formula is C14H22ClN5O5S. The van der Waals surface area contributed by atoms with Crippen molar-refractivity contribution in [2.24, 2.45) is 5.14 Å². The predicted molar refractivity (Wildman–Crippen MR) is 98.9 cm³/mol. The highest BCUT2D eigenvalue weighted by molar-refractivity contribution is 7.89. The second-order valence-corrected chi connectivity index (χ2v) is 7.37. The van der Waals surface area contributed by atoms with Crippen molar-refractivity contribution in [3.8, 4) is 0 Å². The van der Waals surface area contributed by atoms with Gasteiger partial charge in [0, 0.05) is 38.7 Å². The minimum absolute atomic E-state index is 0. The van der Waals surface area contributed by atoms with E-state index in [9.17, 15) is 23.3 Å². The molecule has 1 fully saturated rings. The van der Waals surface area contributed by atoms with E-state index >= 15 is 0 Å². The first-order valence-electron chi connectivity index (χ1n) is 7.71. The molecule has 1 saturated heterocycles. The fourth-order valence-electron chi connectivity index (χ4n) is 2.64. The lowest BCUT2D eigenvalue weighted by atomic mass is 10.2. The monoisotopic (exact) mass is 407 g/mol. The lowest BCUT2D eigenvalue weighted by molar-refractivity contribution is -0.384. The Hall–Kier alpha value is -1.95. The van der Waals surface area contributed by atoms with Crippen LogP contribution >= 0.6 is 12.4 Å². The van der Waals surface area contributed by atoms with Crippen LogP contribution in [0.3, 0.4) is 0 Å². The first-order valence-corrected chi connectivity index (χ1v) is 9.26. The summed E-state index contributed by atoms with van der Waals surface area (Å²) in [7, 11) is -2.29. The van der Waals surface area contributed by atoms with Gasteiger partial charge < -0.3 is 15.5 Å². The number of nitro groups is 1. The van der Waals surface area contributed by atoms with E-state index in [2.05, 4.69) is 10.6 Å². The highest BCUT2D eigenvalue weighted by atomic mass is 35.5. The summed E-state index contributed by atoms with van der Waals surface area (Å²) in [6, 6.07) is 3.52. The molecule has 1 heterocycles. The number of halogens is 1. The molecule has 4 N–H and O–H groups in total. The van der Waals surface area contributed by atoms with Gasteiger partial charge in [-0.25, -0.2) is 13.6 Å². The van der Waals surface area contributed by atoms with Gasteiger partial charge in [-0.1, -0.05) is 0 Å². The highest BCUT2D eigenvalue weighted by Crippen LogP contribution is 2.27. The van der Waals surface area contributed by atoms with E-state index < -0.39 is 20.6 Å². The number of sulfonamides is 1. The Balaban J connectivity index is 0.00000338.